The van der Waals surface area contributed by atoms with Gasteiger partial charge in [-0.05, 0) is 6.07 Å². The third-order valence-electron chi connectivity index (χ3n) is 1.46. The highest BCUT2D eigenvalue weighted by atomic mass is 35.5. The van der Waals surface area contributed by atoms with E-state index in [4.69, 9.17) is 11.6 Å². The van der Waals surface area contributed by atoms with Crippen LogP contribution < -0.4 is 0 Å². The van der Waals surface area contributed by atoms with Gasteiger partial charge in [-0.1, -0.05) is 0 Å². The number of H-pyrrole nitrogens is 1. The normalized spacial score (nSPS) is 10.6. The lowest BCUT2D eigenvalue weighted by atomic mass is 10.4. The number of hydrogen-bond acceptors (Lipinski definition) is 2. The Balaban J connectivity index is 2.69. The van der Waals surface area contributed by atoms with Gasteiger partial charge in [0.2, 0.25) is 0 Å². The van der Waals surface area contributed by atoms with Gasteiger partial charge in [0.05, 0.1) is 17.6 Å². The molecule has 0 unspecified atom stereocenters. The van der Waals surface area contributed by atoms with E-state index in [0.717, 1.165) is 16.9 Å². The number of imidazole rings is 1. The molecular formula is C7H6ClN3. The van der Waals surface area contributed by atoms with E-state index in [1.165, 1.54) is 0 Å². The monoisotopic (exact) mass is 167 g/mol. The molecule has 0 aliphatic rings. The van der Waals surface area contributed by atoms with Crippen LogP contribution in [0.4, 0.5) is 0 Å². The summed E-state index contributed by atoms with van der Waals surface area (Å²) in [6.07, 6.45) is 3.43. The molecule has 0 aliphatic carbocycles. The van der Waals surface area contributed by atoms with Crippen molar-refractivity contribution in [2.75, 3.05) is 0 Å². The molecule has 2 aromatic rings. The minimum atomic E-state index is 0.411. The van der Waals surface area contributed by atoms with Crippen LogP contribution in [-0.2, 0) is 5.88 Å². The minimum Gasteiger partial charge on any atom is -0.341 e. The minimum absolute atomic E-state index is 0.411. The van der Waals surface area contributed by atoms with Gasteiger partial charge in [-0.2, -0.15) is 0 Å². The summed E-state index contributed by atoms with van der Waals surface area (Å²) in [5.74, 6) is 1.20. The van der Waals surface area contributed by atoms with Crippen LogP contribution in [0.15, 0.2) is 18.5 Å². The van der Waals surface area contributed by atoms with E-state index in [-0.39, 0.29) is 0 Å². The van der Waals surface area contributed by atoms with Gasteiger partial charge in [-0.15, -0.1) is 11.6 Å². The molecule has 11 heavy (non-hydrogen) atoms. The van der Waals surface area contributed by atoms with Crippen LogP contribution in [0.5, 0.6) is 0 Å². The smallest absolute Gasteiger partial charge is 0.122 e. The van der Waals surface area contributed by atoms with Crippen LogP contribution >= 0.6 is 11.6 Å². The summed E-state index contributed by atoms with van der Waals surface area (Å²) >= 11 is 5.58. The molecule has 0 bridgehead atoms. The number of pyridine rings is 1. The molecule has 0 saturated heterocycles. The quantitative estimate of drug-likeness (QED) is 0.657. The molecule has 56 valence electrons. The van der Waals surface area contributed by atoms with Gasteiger partial charge in [0.15, 0.2) is 0 Å². The highest BCUT2D eigenvalue weighted by Crippen LogP contribution is 2.09. The van der Waals surface area contributed by atoms with Gasteiger partial charge in [0, 0.05) is 6.20 Å². The lowest BCUT2D eigenvalue weighted by molar-refractivity contribution is 1.13. The topological polar surface area (TPSA) is 41.6 Å². The average molecular weight is 168 g/mol. The zero-order valence-corrected chi connectivity index (χ0v) is 6.47. The second-order valence-electron chi connectivity index (χ2n) is 2.21. The van der Waals surface area contributed by atoms with Crippen molar-refractivity contribution in [1.29, 1.82) is 0 Å². The summed E-state index contributed by atoms with van der Waals surface area (Å²) in [6, 6.07) is 1.87. The second-order valence-corrected chi connectivity index (χ2v) is 2.48. The van der Waals surface area contributed by atoms with Crippen molar-refractivity contribution in [2.45, 2.75) is 5.88 Å². The summed E-state index contributed by atoms with van der Waals surface area (Å²) < 4.78 is 0. The summed E-state index contributed by atoms with van der Waals surface area (Å²) in [7, 11) is 0. The molecule has 0 saturated carbocycles. The number of aromatic nitrogens is 3. The molecule has 0 aromatic carbocycles. The van der Waals surface area contributed by atoms with Crippen LogP contribution in [0.3, 0.4) is 0 Å². The molecular weight excluding hydrogens is 162 g/mol. The number of fused-ring (bicyclic) bond motifs is 1. The van der Waals surface area contributed by atoms with Gasteiger partial charge in [0.1, 0.15) is 11.3 Å². The average Bonchev–Trinajstić information content (AvgIpc) is 2.46. The zero-order valence-electron chi connectivity index (χ0n) is 5.71. The molecule has 3 nitrogen and oxygen atoms in total. The molecule has 0 radical (unpaired) electrons. The standard InChI is InChI=1S/C7H6ClN3/c8-3-7-10-5-1-2-9-4-6(5)11-7/h1-2,4H,3H2,(H,10,11). The highest BCUT2D eigenvalue weighted by Gasteiger charge is 1.98. The summed E-state index contributed by atoms with van der Waals surface area (Å²) in [6.45, 7) is 0. The highest BCUT2D eigenvalue weighted by molar-refractivity contribution is 6.16. The molecule has 0 fully saturated rings. The first-order valence-corrected chi connectivity index (χ1v) is 3.78. The van der Waals surface area contributed by atoms with Crippen molar-refractivity contribution >= 4 is 22.6 Å². The Labute approximate surface area is 68.4 Å². The van der Waals surface area contributed by atoms with Crippen LogP contribution in [0, 0.1) is 0 Å². The predicted molar refractivity (Wildman–Crippen MR) is 43.4 cm³/mol. The fraction of sp³-hybridized carbons (Fsp3) is 0.143. The Morgan fingerprint density at radius 3 is 3.18 bits per heavy atom. The van der Waals surface area contributed by atoms with E-state index in [9.17, 15) is 0 Å². The van der Waals surface area contributed by atoms with Gasteiger partial charge in [-0.3, -0.25) is 4.98 Å². The van der Waals surface area contributed by atoms with Crippen LogP contribution in [-0.4, -0.2) is 15.0 Å². The van der Waals surface area contributed by atoms with Gasteiger partial charge < -0.3 is 4.98 Å². The van der Waals surface area contributed by atoms with Crippen molar-refractivity contribution in [2.24, 2.45) is 0 Å². The van der Waals surface area contributed by atoms with Gasteiger partial charge >= 0.3 is 0 Å². The van der Waals surface area contributed by atoms with E-state index < -0.39 is 0 Å². The van der Waals surface area contributed by atoms with E-state index in [1.807, 2.05) is 6.07 Å². The van der Waals surface area contributed by atoms with E-state index in [0.29, 0.717) is 5.88 Å². The summed E-state index contributed by atoms with van der Waals surface area (Å²) in [5, 5.41) is 0. The van der Waals surface area contributed by atoms with Crippen molar-refractivity contribution in [3.05, 3.63) is 24.3 Å². The number of nitrogens with one attached hydrogen (secondary N) is 1. The SMILES string of the molecule is ClCc1nc2cnccc2[nH]1. The number of nitrogens with zero attached hydrogens (tertiary/aromatic N) is 2. The first kappa shape index (κ1) is 6.61. The van der Waals surface area contributed by atoms with Gasteiger partial charge in [-0.25, -0.2) is 4.98 Å². The Morgan fingerprint density at radius 1 is 1.55 bits per heavy atom. The number of alkyl halides is 1. The molecule has 2 aromatic heterocycles. The molecule has 1 N–H and O–H groups in total. The molecule has 4 heteroatoms. The Morgan fingerprint density at radius 2 is 2.45 bits per heavy atom. The molecule has 0 aliphatic heterocycles. The van der Waals surface area contributed by atoms with Gasteiger partial charge in [0.25, 0.3) is 0 Å². The first-order valence-electron chi connectivity index (χ1n) is 3.25. The molecule has 0 spiro atoms. The molecule has 2 heterocycles. The Bertz CT molecular complexity index is 335. The maximum atomic E-state index is 5.58. The maximum absolute atomic E-state index is 5.58. The number of hydrogen-bond donors (Lipinski definition) is 1. The zero-order chi connectivity index (χ0) is 7.68. The molecule has 2 rings (SSSR count). The summed E-state index contributed by atoms with van der Waals surface area (Å²) in [4.78, 5) is 11.2. The third-order valence-corrected chi connectivity index (χ3v) is 1.71. The lowest BCUT2D eigenvalue weighted by Crippen LogP contribution is -1.77. The number of halogens is 1. The maximum Gasteiger partial charge on any atom is 0.122 e. The van der Waals surface area contributed by atoms with Crippen LogP contribution in [0.1, 0.15) is 5.82 Å². The van der Waals surface area contributed by atoms with Crippen LogP contribution in [0.25, 0.3) is 11.0 Å². The fourth-order valence-corrected chi connectivity index (χ4v) is 1.10. The lowest BCUT2D eigenvalue weighted by Gasteiger charge is -1.81. The first-order chi connectivity index (χ1) is 5.40. The van der Waals surface area contributed by atoms with Crippen LogP contribution in [0.2, 0.25) is 0 Å². The fourth-order valence-electron chi connectivity index (χ4n) is 0.973. The van der Waals surface area contributed by atoms with Crippen molar-refractivity contribution in [3.8, 4) is 0 Å². The molecule has 0 amide bonds. The second kappa shape index (κ2) is 2.51. The third kappa shape index (κ3) is 1.07. The van der Waals surface area contributed by atoms with E-state index >= 15 is 0 Å². The largest absolute Gasteiger partial charge is 0.341 e. The number of rotatable bonds is 1. The van der Waals surface area contributed by atoms with Crippen molar-refractivity contribution in [3.63, 3.8) is 0 Å². The Kier molecular flexibility index (Phi) is 1.51. The van der Waals surface area contributed by atoms with Crippen molar-refractivity contribution in [1.82, 2.24) is 15.0 Å². The van der Waals surface area contributed by atoms with E-state index in [2.05, 4.69) is 15.0 Å². The predicted octanol–water partition coefficient (Wildman–Crippen LogP) is 1.70. The van der Waals surface area contributed by atoms with Crippen molar-refractivity contribution < 1.29 is 0 Å². The number of aromatic amines is 1. The molecule has 0 atom stereocenters. The Hall–Kier alpha value is -1.09. The summed E-state index contributed by atoms with van der Waals surface area (Å²) in [5.41, 5.74) is 1.85. The van der Waals surface area contributed by atoms with E-state index in [1.54, 1.807) is 12.4 Å².